The first-order valence-corrected chi connectivity index (χ1v) is 16.6. The summed E-state index contributed by atoms with van der Waals surface area (Å²) in [6, 6.07) is 32.3. The van der Waals surface area contributed by atoms with Gasteiger partial charge in [0.25, 0.3) is 0 Å². The Morgan fingerprint density at radius 2 is 1.57 bits per heavy atom. The van der Waals surface area contributed by atoms with Crippen molar-refractivity contribution in [2.45, 2.75) is 37.7 Å². The second kappa shape index (κ2) is 11.5. The number of H-pyrrole nitrogens is 1. The fraction of sp³-hybridized carbons (Fsp3) is 0.235. The second-order valence-electron chi connectivity index (χ2n) is 11.6. The van der Waals surface area contributed by atoms with Crippen molar-refractivity contribution in [3.8, 4) is 0 Å². The maximum atomic E-state index is 12.7. The quantitative estimate of drug-likeness (QED) is 0.269. The minimum Gasteiger partial charge on any atom is -0.321 e. The Kier molecular flexibility index (Phi) is 7.41. The molecule has 3 N–H and O–H groups in total. The van der Waals surface area contributed by atoms with E-state index in [0.717, 1.165) is 71.8 Å². The number of rotatable bonds is 7. The van der Waals surface area contributed by atoms with Gasteiger partial charge in [-0.2, -0.15) is 0 Å². The number of hydrogen-bond acceptors (Lipinski definition) is 6. The van der Waals surface area contributed by atoms with Gasteiger partial charge in [0, 0.05) is 36.9 Å². The zero-order valence-electron chi connectivity index (χ0n) is 24.3. The highest BCUT2D eigenvalue weighted by atomic mass is 32.2. The standard InChI is InChI=1S/C34H34N6O3S/c35-44(42,43)23-25-12-15-30-27(20-25)22-39(28-6-2-1-3-7-28)33(36-30)26-13-10-24(11-14-26)21-38-18-16-29(17-19-38)40-32-9-5-4-8-31(32)37-34(40)41/h1-15,20,29H,16-19,21-23H2,(H,37,41)(H2,35,42,43). The van der Waals surface area contributed by atoms with Gasteiger partial charge in [0.05, 0.1) is 29.0 Å². The third-order valence-electron chi connectivity index (χ3n) is 8.55. The van der Waals surface area contributed by atoms with E-state index in [1.54, 1.807) is 6.07 Å². The number of sulfonamides is 1. The van der Waals surface area contributed by atoms with E-state index >= 15 is 0 Å². The van der Waals surface area contributed by atoms with Gasteiger partial charge in [0.15, 0.2) is 0 Å². The monoisotopic (exact) mass is 606 g/mol. The second-order valence-corrected chi connectivity index (χ2v) is 13.3. The van der Waals surface area contributed by atoms with Crippen molar-refractivity contribution in [1.82, 2.24) is 14.5 Å². The number of nitrogens with one attached hydrogen (secondary N) is 1. The van der Waals surface area contributed by atoms with Crippen LogP contribution in [-0.2, 0) is 28.9 Å². The molecule has 5 aromatic rings. The summed E-state index contributed by atoms with van der Waals surface area (Å²) in [5, 5.41) is 5.30. The first-order chi connectivity index (χ1) is 21.3. The van der Waals surface area contributed by atoms with Crippen molar-refractivity contribution in [1.29, 1.82) is 0 Å². The number of imidazole rings is 1. The third-order valence-corrected chi connectivity index (χ3v) is 9.29. The fourth-order valence-corrected chi connectivity index (χ4v) is 7.09. The Balaban J connectivity index is 1.08. The minimum absolute atomic E-state index is 0.0259. The van der Waals surface area contributed by atoms with E-state index in [-0.39, 0.29) is 17.5 Å². The topological polar surface area (TPSA) is 117 Å². The molecule has 4 aromatic carbocycles. The van der Waals surface area contributed by atoms with Crippen molar-refractivity contribution >= 4 is 38.3 Å². The maximum absolute atomic E-state index is 12.7. The summed E-state index contributed by atoms with van der Waals surface area (Å²) >= 11 is 0. The zero-order valence-corrected chi connectivity index (χ0v) is 25.1. The molecule has 1 fully saturated rings. The van der Waals surface area contributed by atoms with Crippen LogP contribution in [-0.4, -0.2) is 41.8 Å². The van der Waals surface area contributed by atoms with Crippen molar-refractivity contribution in [2.24, 2.45) is 10.1 Å². The number of benzene rings is 4. The Hall–Kier alpha value is -4.51. The van der Waals surface area contributed by atoms with Crippen LogP contribution < -0.4 is 15.7 Å². The number of para-hydroxylation sites is 3. The number of hydrogen-bond donors (Lipinski definition) is 2. The number of primary sulfonamides is 1. The molecule has 0 bridgehead atoms. The molecule has 0 atom stereocenters. The van der Waals surface area contributed by atoms with Gasteiger partial charge < -0.3 is 9.88 Å². The lowest BCUT2D eigenvalue weighted by Crippen LogP contribution is -2.36. The number of nitrogens with two attached hydrogens (primary N) is 1. The van der Waals surface area contributed by atoms with Gasteiger partial charge in [-0.3, -0.25) is 9.47 Å². The number of fused-ring (bicyclic) bond motifs is 2. The van der Waals surface area contributed by atoms with Gasteiger partial charge in [-0.25, -0.2) is 23.3 Å². The molecule has 0 radical (unpaired) electrons. The molecule has 9 nitrogen and oxygen atoms in total. The summed E-state index contributed by atoms with van der Waals surface area (Å²) < 4.78 is 25.3. The molecule has 2 aliphatic rings. The van der Waals surface area contributed by atoms with E-state index in [2.05, 4.69) is 51.2 Å². The largest absolute Gasteiger partial charge is 0.326 e. The number of aromatic amines is 1. The van der Waals surface area contributed by atoms with Gasteiger partial charge in [0.1, 0.15) is 5.84 Å². The SMILES string of the molecule is NS(=O)(=O)Cc1ccc2c(c1)CN(c1ccccc1)C(c1ccc(CN3CCC(n4c(=O)[nH]c5ccccc54)CC3)cc1)=N2. The van der Waals surface area contributed by atoms with Gasteiger partial charge in [-0.15, -0.1) is 0 Å². The number of amidine groups is 1. The molecule has 0 aliphatic carbocycles. The molecule has 10 heteroatoms. The number of likely N-dealkylation sites (tertiary alicyclic amines) is 1. The van der Waals surface area contributed by atoms with E-state index in [9.17, 15) is 13.2 Å². The first-order valence-electron chi connectivity index (χ1n) is 14.9. The molecule has 2 aliphatic heterocycles. The third kappa shape index (κ3) is 5.84. The Morgan fingerprint density at radius 1 is 0.864 bits per heavy atom. The van der Waals surface area contributed by atoms with E-state index in [4.69, 9.17) is 10.1 Å². The van der Waals surface area contributed by atoms with E-state index in [0.29, 0.717) is 12.1 Å². The minimum atomic E-state index is -3.63. The van der Waals surface area contributed by atoms with Crippen LogP contribution in [0.25, 0.3) is 11.0 Å². The van der Waals surface area contributed by atoms with Crippen LogP contribution in [0.1, 0.15) is 41.1 Å². The number of nitrogens with zero attached hydrogens (tertiary/aromatic N) is 4. The molecule has 224 valence electrons. The predicted octanol–water partition coefficient (Wildman–Crippen LogP) is 5.05. The molecular weight excluding hydrogens is 572 g/mol. The van der Waals surface area contributed by atoms with Crippen molar-refractivity contribution in [2.75, 3.05) is 18.0 Å². The summed E-state index contributed by atoms with van der Waals surface area (Å²) in [6.45, 7) is 3.27. The van der Waals surface area contributed by atoms with Crippen molar-refractivity contribution < 1.29 is 8.42 Å². The average Bonchev–Trinajstić information content (AvgIpc) is 3.36. The summed E-state index contributed by atoms with van der Waals surface area (Å²) in [7, 11) is -3.63. The van der Waals surface area contributed by atoms with Crippen molar-refractivity contribution in [3.63, 3.8) is 0 Å². The molecule has 7 rings (SSSR count). The van der Waals surface area contributed by atoms with Crippen LogP contribution in [0.4, 0.5) is 11.4 Å². The lowest BCUT2D eigenvalue weighted by molar-refractivity contribution is 0.180. The Labute approximate surface area is 256 Å². The van der Waals surface area contributed by atoms with Gasteiger partial charge in [-0.05, 0) is 59.9 Å². The highest BCUT2D eigenvalue weighted by Gasteiger charge is 2.25. The highest BCUT2D eigenvalue weighted by molar-refractivity contribution is 7.88. The average molecular weight is 607 g/mol. The van der Waals surface area contributed by atoms with E-state index in [1.165, 1.54) is 5.56 Å². The summed E-state index contributed by atoms with van der Waals surface area (Å²) in [4.78, 5) is 25.3. The van der Waals surface area contributed by atoms with Crippen LogP contribution in [0.2, 0.25) is 0 Å². The summed E-state index contributed by atoms with van der Waals surface area (Å²) in [5.41, 5.74) is 7.52. The summed E-state index contributed by atoms with van der Waals surface area (Å²) in [6.07, 6.45) is 1.86. The molecule has 0 amide bonds. The Bertz CT molecular complexity index is 2010. The Morgan fingerprint density at radius 3 is 2.32 bits per heavy atom. The van der Waals surface area contributed by atoms with Crippen LogP contribution in [0.15, 0.2) is 107 Å². The molecule has 0 unspecified atom stereocenters. The van der Waals surface area contributed by atoms with Gasteiger partial charge in [-0.1, -0.05) is 66.7 Å². The number of anilines is 1. The number of piperidine rings is 1. The van der Waals surface area contributed by atoms with Crippen LogP contribution in [0.5, 0.6) is 0 Å². The lowest BCUT2D eigenvalue weighted by Gasteiger charge is -2.33. The number of aromatic nitrogens is 2. The van der Waals surface area contributed by atoms with Crippen LogP contribution >= 0.6 is 0 Å². The van der Waals surface area contributed by atoms with E-state index in [1.807, 2.05) is 59.2 Å². The molecule has 1 saturated heterocycles. The predicted molar refractivity (Wildman–Crippen MR) is 175 cm³/mol. The number of aliphatic imine (C=N–C) groups is 1. The first kappa shape index (κ1) is 28.3. The zero-order chi connectivity index (χ0) is 30.3. The molecular formula is C34H34N6O3S. The highest BCUT2D eigenvalue weighted by Crippen LogP contribution is 2.33. The van der Waals surface area contributed by atoms with E-state index < -0.39 is 10.0 Å². The molecule has 3 heterocycles. The van der Waals surface area contributed by atoms with Gasteiger partial charge >= 0.3 is 5.69 Å². The molecule has 1 aromatic heterocycles. The molecule has 0 spiro atoms. The normalized spacial score (nSPS) is 16.2. The van der Waals surface area contributed by atoms with Crippen LogP contribution in [0.3, 0.4) is 0 Å². The van der Waals surface area contributed by atoms with Gasteiger partial charge in [0.2, 0.25) is 10.0 Å². The fourth-order valence-electron chi connectivity index (χ4n) is 6.45. The van der Waals surface area contributed by atoms with Crippen molar-refractivity contribution in [3.05, 3.63) is 130 Å². The lowest BCUT2D eigenvalue weighted by atomic mass is 10.0. The molecule has 0 saturated carbocycles. The molecule has 44 heavy (non-hydrogen) atoms. The maximum Gasteiger partial charge on any atom is 0.326 e. The smallest absolute Gasteiger partial charge is 0.321 e. The summed E-state index contributed by atoms with van der Waals surface area (Å²) in [5.74, 6) is 0.641. The van der Waals surface area contributed by atoms with Crippen LogP contribution in [0, 0.1) is 0 Å².